The molecular formula is C10H19N3O2. The first kappa shape index (κ1) is 13.8. The van der Waals surface area contributed by atoms with Gasteiger partial charge in [0.1, 0.15) is 0 Å². The van der Waals surface area contributed by atoms with Crippen molar-refractivity contribution in [2.75, 3.05) is 0 Å². The molecule has 15 heavy (non-hydrogen) atoms. The second kappa shape index (κ2) is 8.12. The average Bonchev–Trinajstić information content (AvgIpc) is 2.11. The summed E-state index contributed by atoms with van der Waals surface area (Å²) in [6.45, 7) is 4.31. The zero-order valence-electron chi connectivity index (χ0n) is 9.39. The van der Waals surface area contributed by atoms with E-state index in [4.69, 9.17) is 10.6 Å². The fourth-order valence-corrected chi connectivity index (χ4v) is 1.41. The van der Waals surface area contributed by atoms with Gasteiger partial charge in [0.15, 0.2) is 0 Å². The van der Waals surface area contributed by atoms with Crippen LogP contribution in [0.15, 0.2) is 5.11 Å². The Morgan fingerprint density at radius 3 is 2.47 bits per heavy atom. The lowest BCUT2D eigenvalue weighted by molar-refractivity contribution is -0.137. The number of rotatable bonds is 8. The zero-order chi connectivity index (χ0) is 11.7. The molecule has 0 aliphatic carbocycles. The molecule has 5 nitrogen and oxygen atoms in total. The number of nitrogens with zero attached hydrogens (tertiary/aromatic N) is 3. The van der Waals surface area contributed by atoms with Crippen molar-refractivity contribution in [2.45, 2.75) is 52.0 Å². The second-order valence-electron chi connectivity index (χ2n) is 4.13. The predicted molar refractivity (Wildman–Crippen MR) is 58.5 cm³/mol. The summed E-state index contributed by atoms with van der Waals surface area (Å²) in [5.41, 5.74) is 8.26. The number of azide groups is 1. The van der Waals surface area contributed by atoms with Crippen LogP contribution >= 0.6 is 0 Å². The molecule has 0 rings (SSSR count). The Bertz CT molecular complexity index is 235. The van der Waals surface area contributed by atoms with Gasteiger partial charge in [-0.15, -0.1) is 0 Å². The molecule has 0 radical (unpaired) electrons. The summed E-state index contributed by atoms with van der Waals surface area (Å²) in [6.07, 6.45) is 3.73. The van der Waals surface area contributed by atoms with Gasteiger partial charge in [-0.1, -0.05) is 38.2 Å². The third kappa shape index (κ3) is 9.09. The van der Waals surface area contributed by atoms with E-state index < -0.39 is 5.97 Å². The normalized spacial score (nSPS) is 12.2. The average molecular weight is 213 g/mol. The van der Waals surface area contributed by atoms with Crippen molar-refractivity contribution in [3.63, 3.8) is 0 Å². The van der Waals surface area contributed by atoms with E-state index in [0.717, 1.165) is 19.3 Å². The van der Waals surface area contributed by atoms with Gasteiger partial charge in [-0.3, -0.25) is 4.79 Å². The third-order valence-electron chi connectivity index (χ3n) is 2.19. The molecule has 0 aliphatic heterocycles. The molecule has 0 saturated carbocycles. The van der Waals surface area contributed by atoms with Crippen molar-refractivity contribution in [1.29, 1.82) is 0 Å². The zero-order valence-corrected chi connectivity index (χ0v) is 9.39. The molecule has 1 N–H and O–H groups in total. The van der Waals surface area contributed by atoms with Crippen LogP contribution in [-0.2, 0) is 4.79 Å². The van der Waals surface area contributed by atoms with E-state index in [2.05, 4.69) is 23.9 Å². The molecule has 0 heterocycles. The van der Waals surface area contributed by atoms with Crippen molar-refractivity contribution in [1.82, 2.24) is 0 Å². The van der Waals surface area contributed by atoms with Crippen LogP contribution in [0.4, 0.5) is 0 Å². The van der Waals surface area contributed by atoms with Crippen molar-refractivity contribution < 1.29 is 9.90 Å². The Balaban J connectivity index is 3.76. The summed E-state index contributed by atoms with van der Waals surface area (Å²) in [5, 5.41) is 12.1. The van der Waals surface area contributed by atoms with Gasteiger partial charge in [0.25, 0.3) is 0 Å². The van der Waals surface area contributed by atoms with Gasteiger partial charge < -0.3 is 5.11 Å². The molecule has 5 heteroatoms. The molecule has 0 aromatic carbocycles. The van der Waals surface area contributed by atoms with Crippen LogP contribution in [0.25, 0.3) is 10.4 Å². The molecule has 0 fully saturated rings. The summed E-state index contributed by atoms with van der Waals surface area (Å²) in [5.74, 6) is -0.237. The minimum Gasteiger partial charge on any atom is -0.481 e. The highest BCUT2D eigenvalue weighted by molar-refractivity contribution is 5.67. The van der Waals surface area contributed by atoms with Gasteiger partial charge in [-0.2, -0.15) is 0 Å². The maximum Gasteiger partial charge on any atom is 0.303 e. The fourth-order valence-electron chi connectivity index (χ4n) is 1.41. The lowest BCUT2D eigenvalue weighted by Gasteiger charge is -2.08. The molecular weight excluding hydrogens is 194 g/mol. The van der Waals surface area contributed by atoms with Crippen LogP contribution in [0.2, 0.25) is 0 Å². The Hall–Kier alpha value is -1.22. The topological polar surface area (TPSA) is 86.1 Å². The molecule has 0 spiro atoms. The molecule has 0 aromatic heterocycles. The highest BCUT2D eigenvalue weighted by Gasteiger charge is 2.10. The van der Waals surface area contributed by atoms with E-state index in [-0.39, 0.29) is 12.5 Å². The minimum absolute atomic E-state index is 0.0638. The Morgan fingerprint density at radius 1 is 1.40 bits per heavy atom. The minimum atomic E-state index is -0.906. The number of carboxylic acids is 1. The van der Waals surface area contributed by atoms with Crippen LogP contribution < -0.4 is 0 Å². The fraction of sp³-hybridized carbons (Fsp3) is 0.900. The van der Waals surface area contributed by atoms with E-state index in [1.807, 2.05) is 0 Å². The summed E-state index contributed by atoms with van der Waals surface area (Å²) in [7, 11) is 0. The van der Waals surface area contributed by atoms with E-state index in [0.29, 0.717) is 12.3 Å². The number of aliphatic carboxylic acids is 1. The Morgan fingerprint density at radius 2 is 2.00 bits per heavy atom. The van der Waals surface area contributed by atoms with Crippen molar-refractivity contribution >= 4 is 5.97 Å². The van der Waals surface area contributed by atoms with E-state index >= 15 is 0 Å². The second-order valence-corrected chi connectivity index (χ2v) is 4.13. The number of hydrogen-bond acceptors (Lipinski definition) is 2. The summed E-state index contributed by atoms with van der Waals surface area (Å²) in [4.78, 5) is 13.1. The first-order valence-corrected chi connectivity index (χ1v) is 5.32. The lowest BCUT2D eigenvalue weighted by Crippen LogP contribution is -2.10. The molecule has 0 aliphatic rings. The smallest absolute Gasteiger partial charge is 0.303 e. The van der Waals surface area contributed by atoms with E-state index in [1.165, 1.54) is 0 Å². The third-order valence-corrected chi connectivity index (χ3v) is 2.19. The maximum absolute atomic E-state index is 10.4. The van der Waals surface area contributed by atoms with Crippen LogP contribution in [0.5, 0.6) is 0 Å². The molecule has 86 valence electrons. The number of carboxylic acid groups (broad SMARTS) is 1. The Kier molecular flexibility index (Phi) is 7.46. The first-order valence-electron chi connectivity index (χ1n) is 5.32. The molecule has 0 aromatic rings. The largest absolute Gasteiger partial charge is 0.481 e. The van der Waals surface area contributed by atoms with Crippen LogP contribution in [0.1, 0.15) is 46.0 Å². The van der Waals surface area contributed by atoms with Gasteiger partial charge in [-0.25, -0.2) is 0 Å². The van der Waals surface area contributed by atoms with Crippen LogP contribution in [0.3, 0.4) is 0 Å². The van der Waals surface area contributed by atoms with Gasteiger partial charge in [0.05, 0.1) is 6.42 Å². The number of hydrogen-bond donors (Lipinski definition) is 1. The van der Waals surface area contributed by atoms with E-state index in [9.17, 15) is 4.79 Å². The molecule has 0 amide bonds. The van der Waals surface area contributed by atoms with Gasteiger partial charge >= 0.3 is 5.97 Å². The number of carbonyl (C=O) groups is 1. The highest BCUT2D eigenvalue weighted by atomic mass is 16.4. The highest BCUT2D eigenvalue weighted by Crippen LogP contribution is 2.13. The predicted octanol–water partition coefficient (Wildman–Crippen LogP) is 3.36. The molecule has 0 bridgehead atoms. The molecule has 1 atom stereocenters. The maximum atomic E-state index is 10.4. The first-order chi connectivity index (χ1) is 7.06. The van der Waals surface area contributed by atoms with Gasteiger partial charge in [-0.05, 0) is 17.9 Å². The van der Waals surface area contributed by atoms with Crippen molar-refractivity contribution in [3.05, 3.63) is 10.4 Å². The molecule has 0 saturated heterocycles. The monoisotopic (exact) mass is 213 g/mol. The van der Waals surface area contributed by atoms with E-state index in [1.54, 1.807) is 0 Å². The summed E-state index contributed by atoms with van der Waals surface area (Å²) < 4.78 is 0. The quantitative estimate of drug-likeness (QED) is 0.290. The Labute approximate surface area is 90.1 Å². The van der Waals surface area contributed by atoms with Crippen LogP contribution in [-0.4, -0.2) is 17.1 Å². The molecule has 1 unspecified atom stereocenters. The van der Waals surface area contributed by atoms with Crippen molar-refractivity contribution in [3.8, 4) is 0 Å². The van der Waals surface area contributed by atoms with Crippen LogP contribution in [0, 0.1) is 5.92 Å². The summed E-state index contributed by atoms with van der Waals surface area (Å²) in [6, 6.07) is -0.389. The van der Waals surface area contributed by atoms with Gasteiger partial charge in [0, 0.05) is 11.0 Å². The van der Waals surface area contributed by atoms with Gasteiger partial charge in [0.2, 0.25) is 0 Å². The standard InChI is InChI=1S/C10H19N3O2/c1-8(2)5-3-4-6-9(12-13-11)7-10(14)15/h8-9H,3-7H2,1-2H3,(H,14,15). The SMILES string of the molecule is CC(C)CCCCC(CC(=O)O)N=[N+]=[N-]. The van der Waals surface area contributed by atoms with Crippen molar-refractivity contribution in [2.24, 2.45) is 11.0 Å². The number of unbranched alkanes of at least 4 members (excludes halogenated alkanes) is 1. The lowest BCUT2D eigenvalue weighted by atomic mass is 10.0. The summed E-state index contributed by atoms with van der Waals surface area (Å²) >= 11 is 0.